The number of nitrogens with one attached hydrogen (secondary N) is 2. The number of anilines is 1. The Balaban J connectivity index is 1.42. The van der Waals surface area contributed by atoms with Crippen molar-refractivity contribution >= 4 is 40.1 Å². The van der Waals surface area contributed by atoms with Gasteiger partial charge in [-0.3, -0.25) is 9.59 Å². The number of carbonyl (C=O) groups is 2. The number of esters is 1. The van der Waals surface area contributed by atoms with E-state index in [0.717, 1.165) is 12.5 Å². The molecule has 2 saturated carbocycles. The number of alkyl halides is 3. The van der Waals surface area contributed by atoms with Crippen LogP contribution < -0.4 is 10.6 Å². The monoisotopic (exact) mass is 497 g/mol. The number of pyridine rings is 1. The third kappa shape index (κ3) is 4.94. The normalized spacial score (nSPS) is 22.0. The van der Waals surface area contributed by atoms with Gasteiger partial charge in [0.15, 0.2) is 0 Å². The Kier molecular flexibility index (Phi) is 6.94. The number of fused-ring (bicyclic) bond motifs is 1. The van der Waals surface area contributed by atoms with Crippen LogP contribution in [0.15, 0.2) is 24.3 Å². The number of hydrogen-bond donors (Lipinski definition) is 2. The summed E-state index contributed by atoms with van der Waals surface area (Å²) in [6.45, 7) is 1.95. The minimum Gasteiger partial charge on any atom is -0.465 e. The Hall–Kier alpha value is -2.55. The average molecular weight is 498 g/mol. The molecule has 0 bridgehead atoms. The van der Waals surface area contributed by atoms with Crippen LogP contribution in [0, 0.1) is 5.41 Å². The van der Waals surface area contributed by atoms with Gasteiger partial charge in [-0.2, -0.15) is 13.2 Å². The molecule has 6 nitrogen and oxygen atoms in total. The molecule has 0 saturated heterocycles. The molecule has 34 heavy (non-hydrogen) atoms. The SMILES string of the molecule is CCOC(=O)C1(C(=O)N[C@H]2CC[C@@H](Nc3cc(C(F)(F)F)nc4ccc(Cl)cc34)CC2)CCC1. The molecule has 4 rings (SSSR count). The maximum atomic E-state index is 13.4. The van der Waals surface area contributed by atoms with E-state index in [-0.39, 0.29) is 30.1 Å². The van der Waals surface area contributed by atoms with Gasteiger partial charge in [-0.1, -0.05) is 18.0 Å². The Morgan fingerprint density at radius 3 is 2.41 bits per heavy atom. The van der Waals surface area contributed by atoms with Gasteiger partial charge in [0.25, 0.3) is 0 Å². The molecule has 0 atom stereocenters. The van der Waals surface area contributed by atoms with Gasteiger partial charge in [0, 0.05) is 28.2 Å². The second kappa shape index (κ2) is 9.60. The van der Waals surface area contributed by atoms with Crippen LogP contribution in [0.25, 0.3) is 10.9 Å². The van der Waals surface area contributed by atoms with Crippen LogP contribution in [0.4, 0.5) is 18.9 Å². The Bertz CT molecular complexity index is 1080. The molecule has 10 heteroatoms. The van der Waals surface area contributed by atoms with E-state index in [9.17, 15) is 22.8 Å². The van der Waals surface area contributed by atoms with Gasteiger partial charge in [0.05, 0.1) is 12.1 Å². The highest BCUT2D eigenvalue weighted by Gasteiger charge is 2.52. The minimum absolute atomic E-state index is 0.0680. The number of ether oxygens (including phenoxy) is 1. The number of benzene rings is 1. The first kappa shape index (κ1) is 24.6. The summed E-state index contributed by atoms with van der Waals surface area (Å²) in [6, 6.07) is 5.45. The van der Waals surface area contributed by atoms with E-state index in [1.165, 1.54) is 12.1 Å². The third-order valence-electron chi connectivity index (χ3n) is 6.79. The number of halogens is 4. The van der Waals surface area contributed by atoms with E-state index >= 15 is 0 Å². The van der Waals surface area contributed by atoms with Crippen molar-refractivity contribution in [3.63, 3.8) is 0 Å². The minimum atomic E-state index is -4.57. The zero-order chi connectivity index (χ0) is 24.5. The number of carbonyl (C=O) groups excluding carboxylic acids is 2. The molecular formula is C24H27ClF3N3O3. The molecule has 2 fully saturated rings. The van der Waals surface area contributed by atoms with Gasteiger partial charge in [0.2, 0.25) is 5.91 Å². The lowest BCUT2D eigenvalue weighted by atomic mass is 9.67. The van der Waals surface area contributed by atoms with Gasteiger partial charge >= 0.3 is 12.1 Å². The summed E-state index contributed by atoms with van der Waals surface area (Å²) in [4.78, 5) is 28.9. The number of aromatic nitrogens is 1. The van der Waals surface area contributed by atoms with E-state index in [2.05, 4.69) is 15.6 Å². The predicted molar refractivity (Wildman–Crippen MR) is 122 cm³/mol. The summed E-state index contributed by atoms with van der Waals surface area (Å²) in [5.41, 5.74) is -1.49. The van der Waals surface area contributed by atoms with Crippen molar-refractivity contribution in [2.45, 2.75) is 70.1 Å². The van der Waals surface area contributed by atoms with Gasteiger partial charge < -0.3 is 15.4 Å². The molecule has 184 valence electrons. The predicted octanol–water partition coefficient (Wildman–Crippen LogP) is 5.48. The van der Waals surface area contributed by atoms with E-state index in [1.807, 2.05) is 0 Å². The summed E-state index contributed by atoms with van der Waals surface area (Å²) in [5, 5.41) is 7.18. The first-order valence-electron chi connectivity index (χ1n) is 11.5. The fraction of sp³-hybridized carbons (Fsp3) is 0.542. The summed E-state index contributed by atoms with van der Waals surface area (Å²) in [7, 11) is 0. The zero-order valence-corrected chi connectivity index (χ0v) is 19.6. The molecule has 0 unspecified atom stereocenters. The van der Waals surface area contributed by atoms with Crippen LogP contribution >= 0.6 is 11.6 Å². The molecule has 2 N–H and O–H groups in total. The second-order valence-electron chi connectivity index (χ2n) is 9.04. The van der Waals surface area contributed by atoms with E-state index in [0.29, 0.717) is 54.6 Å². The van der Waals surface area contributed by atoms with Crippen molar-refractivity contribution in [3.8, 4) is 0 Å². The van der Waals surface area contributed by atoms with Crippen molar-refractivity contribution in [1.82, 2.24) is 10.3 Å². The molecule has 0 aliphatic heterocycles. The standard InChI is InChI=1S/C24H27ClF3N3O3/c1-2-34-22(33)23(10-3-11-23)21(32)30-16-7-5-15(6-8-16)29-19-13-20(24(26,27)28)31-18-9-4-14(25)12-17(18)19/h4,9,12-13,15-16H,2-3,5-8,10-11H2,1H3,(H,29,31)(H,30,32)/t15-,16+. The van der Waals surface area contributed by atoms with Crippen molar-refractivity contribution < 1.29 is 27.5 Å². The summed E-state index contributed by atoms with van der Waals surface area (Å²) in [5.74, 6) is -0.740. The molecular weight excluding hydrogens is 471 g/mol. The second-order valence-corrected chi connectivity index (χ2v) is 9.47. The molecule has 1 aromatic carbocycles. The van der Waals surface area contributed by atoms with Crippen molar-refractivity contribution in [2.24, 2.45) is 5.41 Å². The largest absolute Gasteiger partial charge is 0.465 e. The Morgan fingerprint density at radius 1 is 1.15 bits per heavy atom. The van der Waals surface area contributed by atoms with E-state index < -0.39 is 23.3 Å². The highest BCUT2D eigenvalue weighted by molar-refractivity contribution is 6.31. The van der Waals surface area contributed by atoms with Gasteiger partial charge in [0.1, 0.15) is 11.1 Å². The first-order valence-corrected chi connectivity index (χ1v) is 11.9. The molecule has 2 aromatic rings. The zero-order valence-electron chi connectivity index (χ0n) is 18.8. The highest BCUT2D eigenvalue weighted by Crippen LogP contribution is 2.43. The number of nitrogens with zero attached hydrogens (tertiary/aromatic N) is 1. The molecule has 2 aliphatic rings. The van der Waals surface area contributed by atoms with Crippen molar-refractivity contribution in [2.75, 3.05) is 11.9 Å². The fourth-order valence-corrected chi connectivity index (χ4v) is 4.88. The lowest BCUT2D eigenvalue weighted by Crippen LogP contribution is -2.54. The van der Waals surface area contributed by atoms with Gasteiger partial charge in [-0.15, -0.1) is 0 Å². The lowest BCUT2D eigenvalue weighted by Gasteiger charge is -2.39. The van der Waals surface area contributed by atoms with E-state index in [4.69, 9.17) is 16.3 Å². The fourth-order valence-electron chi connectivity index (χ4n) is 4.71. The van der Waals surface area contributed by atoms with Crippen molar-refractivity contribution in [3.05, 3.63) is 35.0 Å². The van der Waals surface area contributed by atoms with Gasteiger partial charge in [-0.05, 0) is 69.7 Å². The molecule has 1 heterocycles. The van der Waals surface area contributed by atoms with Crippen LogP contribution in [-0.4, -0.2) is 35.6 Å². The molecule has 1 amide bonds. The van der Waals surface area contributed by atoms with Crippen LogP contribution in [0.5, 0.6) is 0 Å². The highest BCUT2D eigenvalue weighted by atomic mass is 35.5. The smallest absolute Gasteiger partial charge is 0.433 e. The summed E-state index contributed by atoms with van der Waals surface area (Å²) >= 11 is 6.08. The topological polar surface area (TPSA) is 80.3 Å². The molecule has 1 aromatic heterocycles. The van der Waals surface area contributed by atoms with Crippen LogP contribution in [0.3, 0.4) is 0 Å². The number of hydrogen-bond acceptors (Lipinski definition) is 5. The lowest BCUT2D eigenvalue weighted by molar-refractivity contribution is -0.167. The van der Waals surface area contributed by atoms with Crippen molar-refractivity contribution in [1.29, 1.82) is 0 Å². The first-order chi connectivity index (χ1) is 16.1. The summed E-state index contributed by atoms with van der Waals surface area (Å²) in [6.07, 6.45) is -0.153. The quantitative estimate of drug-likeness (QED) is 0.408. The maximum absolute atomic E-state index is 13.4. The van der Waals surface area contributed by atoms with Gasteiger partial charge in [-0.25, -0.2) is 4.98 Å². The average Bonchev–Trinajstić information content (AvgIpc) is 2.74. The summed E-state index contributed by atoms with van der Waals surface area (Å²) < 4.78 is 45.2. The third-order valence-corrected chi connectivity index (χ3v) is 7.03. The molecule has 0 radical (unpaired) electrons. The maximum Gasteiger partial charge on any atom is 0.433 e. The van der Waals surface area contributed by atoms with E-state index in [1.54, 1.807) is 13.0 Å². The Labute approximate surface area is 200 Å². The van der Waals surface area contributed by atoms with Crippen LogP contribution in [0.2, 0.25) is 5.02 Å². The number of rotatable bonds is 6. The Morgan fingerprint density at radius 2 is 1.82 bits per heavy atom. The molecule has 2 aliphatic carbocycles. The van der Waals surface area contributed by atoms with Crippen LogP contribution in [0.1, 0.15) is 57.6 Å². The van der Waals surface area contributed by atoms with Crippen LogP contribution in [-0.2, 0) is 20.5 Å². The number of amides is 1. The molecule has 0 spiro atoms.